The van der Waals surface area contributed by atoms with Gasteiger partial charge in [-0.3, -0.25) is 14.9 Å². The number of nitrogens with zero attached hydrogens (tertiary/aromatic N) is 1. The lowest BCUT2D eigenvalue weighted by molar-refractivity contribution is -0.384. The molecular formula is C9H11N3O3. The molecule has 0 spiro atoms. The number of anilines is 1. The van der Waals surface area contributed by atoms with Gasteiger partial charge in [-0.1, -0.05) is 0 Å². The molecule has 0 radical (unpaired) electrons. The van der Waals surface area contributed by atoms with Crippen LogP contribution in [0.3, 0.4) is 0 Å². The van der Waals surface area contributed by atoms with E-state index >= 15 is 0 Å². The highest BCUT2D eigenvalue weighted by Crippen LogP contribution is 2.19. The summed E-state index contributed by atoms with van der Waals surface area (Å²) < 4.78 is 0. The number of nitro benzene ring substituents is 1. The number of nitro groups is 1. The van der Waals surface area contributed by atoms with Crippen LogP contribution in [0.25, 0.3) is 0 Å². The number of benzene rings is 1. The van der Waals surface area contributed by atoms with E-state index in [0.717, 1.165) is 5.56 Å². The van der Waals surface area contributed by atoms with Crippen LogP contribution in [-0.4, -0.2) is 17.4 Å². The zero-order chi connectivity index (χ0) is 11.4. The summed E-state index contributed by atoms with van der Waals surface area (Å²) in [6.07, 6.45) is 0. The van der Waals surface area contributed by atoms with Crippen molar-refractivity contribution in [1.82, 2.24) is 0 Å². The molecule has 0 atom stereocenters. The normalized spacial score (nSPS) is 9.67. The average Bonchev–Trinajstić information content (AvgIpc) is 2.13. The number of hydrogen-bond donors (Lipinski definition) is 2. The predicted octanol–water partition coefficient (Wildman–Crippen LogP) is 0.800. The Hall–Kier alpha value is -2.11. The summed E-state index contributed by atoms with van der Waals surface area (Å²) in [6, 6.07) is 4.52. The Kier molecular flexibility index (Phi) is 3.22. The molecule has 6 heteroatoms. The van der Waals surface area contributed by atoms with Gasteiger partial charge < -0.3 is 11.1 Å². The SMILES string of the molecule is Cc1cc(NCC(N)=O)cc([N+](=O)[O-])c1. The van der Waals surface area contributed by atoms with E-state index in [2.05, 4.69) is 5.32 Å². The number of carbonyl (C=O) groups is 1. The quantitative estimate of drug-likeness (QED) is 0.566. The Morgan fingerprint density at radius 1 is 1.53 bits per heavy atom. The van der Waals surface area contributed by atoms with Crippen molar-refractivity contribution in [3.8, 4) is 0 Å². The second-order valence-corrected chi connectivity index (χ2v) is 3.13. The van der Waals surface area contributed by atoms with Crippen LogP contribution in [-0.2, 0) is 4.79 Å². The second kappa shape index (κ2) is 4.41. The first-order valence-electron chi connectivity index (χ1n) is 4.27. The molecule has 1 amide bonds. The Bertz CT molecular complexity index is 404. The van der Waals surface area contributed by atoms with E-state index in [9.17, 15) is 14.9 Å². The molecule has 15 heavy (non-hydrogen) atoms. The molecule has 0 aliphatic rings. The Morgan fingerprint density at radius 3 is 2.73 bits per heavy atom. The molecule has 0 bridgehead atoms. The van der Waals surface area contributed by atoms with Gasteiger partial charge in [-0.2, -0.15) is 0 Å². The van der Waals surface area contributed by atoms with E-state index in [4.69, 9.17) is 5.73 Å². The number of nitrogens with one attached hydrogen (secondary N) is 1. The first kappa shape index (κ1) is 11.0. The highest BCUT2D eigenvalue weighted by atomic mass is 16.6. The molecule has 0 aliphatic carbocycles. The summed E-state index contributed by atoms with van der Waals surface area (Å²) in [5.41, 5.74) is 6.19. The minimum absolute atomic E-state index is 0.0121. The minimum atomic E-state index is -0.515. The summed E-state index contributed by atoms with van der Waals surface area (Å²) in [5, 5.41) is 13.2. The van der Waals surface area contributed by atoms with Crippen LogP contribution in [0.4, 0.5) is 11.4 Å². The zero-order valence-corrected chi connectivity index (χ0v) is 8.19. The van der Waals surface area contributed by atoms with Gasteiger partial charge in [0.2, 0.25) is 5.91 Å². The lowest BCUT2D eigenvalue weighted by atomic mass is 10.2. The van der Waals surface area contributed by atoms with Crippen molar-refractivity contribution in [1.29, 1.82) is 0 Å². The van der Waals surface area contributed by atoms with Gasteiger partial charge in [-0.25, -0.2) is 0 Å². The fourth-order valence-corrected chi connectivity index (χ4v) is 1.16. The zero-order valence-electron chi connectivity index (χ0n) is 8.19. The van der Waals surface area contributed by atoms with Gasteiger partial charge in [0.05, 0.1) is 11.5 Å². The highest BCUT2D eigenvalue weighted by Gasteiger charge is 2.07. The molecule has 0 unspecified atom stereocenters. The lowest BCUT2D eigenvalue weighted by Gasteiger charge is -2.04. The van der Waals surface area contributed by atoms with Crippen molar-refractivity contribution in [3.63, 3.8) is 0 Å². The molecule has 0 fully saturated rings. The van der Waals surface area contributed by atoms with Crippen LogP contribution in [0.5, 0.6) is 0 Å². The van der Waals surface area contributed by atoms with Gasteiger partial charge >= 0.3 is 0 Å². The number of aryl methyl sites for hydroxylation is 1. The van der Waals surface area contributed by atoms with Gasteiger partial charge in [0.15, 0.2) is 0 Å². The molecular weight excluding hydrogens is 198 g/mol. The number of nitrogens with two attached hydrogens (primary N) is 1. The minimum Gasteiger partial charge on any atom is -0.376 e. The molecule has 80 valence electrons. The molecule has 6 nitrogen and oxygen atoms in total. The van der Waals surface area contributed by atoms with Crippen molar-refractivity contribution in [2.75, 3.05) is 11.9 Å². The smallest absolute Gasteiger partial charge is 0.271 e. The first-order chi connectivity index (χ1) is 6.99. The van der Waals surface area contributed by atoms with E-state index < -0.39 is 10.8 Å². The molecule has 3 N–H and O–H groups in total. The van der Waals surface area contributed by atoms with E-state index in [1.807, 2.05) is 0 Å². The van der Waals surface area contributed by atoms with E-state index in [1.165, 1.54) is 12.1 Å². The third-order valence-corrected chi connectivity index (χ3v) is 1.74. The summed E-state index contributed by atoms with van der Waals surface area (Å²) >= 11 is 0. The Morgan fingerprint density at radius 2 is 2.20 bits per heavy atom. The van der Waals surface area contributed by atoms with Gasteiger partial charge in [0, 0.05) is 17.8 Å². The fraction of sp³-hybridized carbons (Fsp3) is 0.222. The fourth-order valence-electron chi connectivity index (χ4n) is 1.16. The maximum absolute atomic E-state index is 10.5. The summed E-state index contributed by atoms with van der Waals surface area (Å²) in [4.78, 5) is 20.5. The van der Waals surface area contributed by atoms with E-state index in [-0.39, 0.29) is 12.2 Å². The molecule has 0 saturated carbocycles. The van der Waals surface area contributed by atoms with Crippen LogP contribution >= 0.6 is 0 Å². The van der Waals surface area contributed by atoms with Gasteiger partial charge in [0.1, 0.15) is 0 Å². The molecule has 0 heterocycles. The third kappa shape index (κ3) is 3.26. The molecule has 0 aromatic heterocycles. The summed E-state index contributed by atoms with van der Waals surface area (Å²) in [7, 11) is 0. The lowest BCUT2D eigenvalue weighted by Crippen LogP contribution is -2.21. The molecule has 0 saturated heterocycles. The van der Waals surface area contributed by atoms with Gasteiger partial charge in [-0.15, -0.1) is 0 Å². The van der Waals surface area contributed by atoms with Crippen molar-refractivity contribution in [2.45, 2.75) is 6.92 Å². The number of non-ortho nitro benzene ring substituents is 1. The first-order valence-corrected chi connectivity index (χ1v) is 4.27. The number of hydrogen-bond acceptors (Lipinski definition) is 4. The van der Waals surface area contributed by atoms with Crippen LogP contribution < -0.4 is 11.1 Å². The Labute approximate surface area is 86.2 Å². The number of rotatable bonds is 4. The maximum atomic E-state index is 10.5. The topological polar surface area (TPSA) is 98.3 Å². The van der Waals surface area contributed by atoms with Crippen LogP contribution in [0.15, 0.2) is 18.2 Å². The molecule has 1 aromatic carbocycles. The average molecular weight is 209 g/mol. The monoisotopic (exact) mass is 209 g/mol. The van der Waals surface area contributed by atoms with E-state index in [0.29, 0.717) is 5.69 Å². The van der Waals surface area contributed by atoms with Crippen molar-refractivity contribution in [2.24, 2.45) is 5.73 Å². The van der Waals surface area contributed by atoms with Crippen LogP contribution in [0.1, 0.15) is 5.56 Å². The van der Waals surface area contributed by atoms with Crippen molar-refractivity contribution < 1.29 is 9.72 Å². The maximum Gasteiger partial charge on any atom is 0.271 e. The molecule has 1 aromatic rings. The van der Waals surface area contributed by atoms with Crippen molar-refractivity contribution in [3.05, 3.63) is 33.9 Å². The number of primary amides is 1. The largest absolute Gasteiger partial charge is 0.376 e. The van der Waals surface area contributed by atoms with E-state index in [1.54, 1.807) is 13.0 Å². The standard InChI is InChI=1S/C9H11N3O3/c1-6-2-7(11-5-9(10)13)4-8(3-6)12(14)15/h2-4,11H,5H2,1H3,(H2,10,13). The Balaban J connectivity index is 2.88. The summed E-state index contributed by atoms with van der Waals surface area (Å²) in [5.74, 6) is -0.515. The number of amides is 1. The third-order valence-electron chi connectivity index (χ3n) is 1.74. The van der Waals surface area contributed by atoms with Gasteiger partial charge in [-0.05, 0) is 18.6 Å². The molecule has 1 rings (SSSR count). The van der Waals surface area contributed by atoms with Crippen LogP contribution in [0, 0.1) is 17.0 Å². The second-order valence-electron chi connectivity index (χ2n) is 3.13. The molecule has 0 aliphatic heterocycles. The van der Waals surface area contributed by atoms with Crippen molar-refractivity contribution >= 4 is 17.3 Å². The van der Waals surface area contributed by atoms with Gasteiger partial charge in [0.25, 0.3) is 5.69 Å². The predicted molar refractivity (Wildman–Crippen MR) is 55.5 cm³/mol. The van der Waals surface area contributed by atoms with Crippen LogP contribution in [0.2, 0.25) is 0 Å². The highest BCUT2D eigenvalue weighted by molar-refractivity contribution is 5.79. The summed E-state index contributed by atoms with van der Waals surface area (Å²) in [6.45, 7) is 1.70. The number of carbonyl (C=O) groups excluding carboxylic acids is 1.